The van der Waals surface area contributed by atoms with Gasteiger partial charge in [0.25, 0.3) is 5.91 Å². The summed E-state index contributed by atoms with van der Waals surface area (Å²) in [6, 6.07) is 19.1. The second kappa shape index (κ2) is 9.87. The monoisotopic (exact) mass is 509 g/mol. The van der Waals surface area contributed by atoms with Gasteiger partial charge in [0.15, 0.2) is 0 Å². The van der Waals surface area contributed by atoms with Crippen molar-refractivity contribution in [3.63, 3.8) is 0 Å². The number of nitrogens with zero attached hydrogens (tertiary/aromatic N) is 5. The Bertz CT molecular complexity index is 1460. The number of carbonyl (C=O) groups excluding carboxylic acids is 1. The molecule has 2 aliphatic rings. The summed E-state index contributed by atoms with van der Waals surface area (Å²) in [6.45, 7) is 8.86. The highest BCUT2D eigenvalue weighted by Gasteiger charge is 2.43. The molecule has 5 heterocycles. The Morgan fingerprint density at radius 1 is 1.00 bits per heavy atom. The Hall–Kier alpha value is -3.71. The number of benzene rings is 1. The zero-order chi connectivity index (χ0) is 26.4. The summed E-state index contributed by atoms with van der Waals surface area (Å²) in [7, 11) is 1.58. The van der Waals surface area contributed by atoms with Crippen LogP contribution in [-0.4, -0.2) is 62.4 Å². The van der Waals surface area contributed by atoms with Crippen molar-refractivity contribution < 1.29 is 9.53 Å². The first kappa shape index (κ1) is 24.6. The molecule has 3 aromatic heterocycles. The van der Waals surface area contributed by atoms with Crippen LogP contribution in [0, 0.1) is 6.92 Å². The van der Waals surface area contributed by atoms with Crippen LogP contribution in [0.5, 0.6) is 5.88 Å². The molecule has 2 unspecified atom stereocenters. The number of hydrogen-bond acceptors (Lipinski definition) is 5. The Labute approximate surface area is 224 Å². The number of aromatic nitrogens is 3. The van der Waals surface area contributed by atoms with Crippen molar-refractivity contribution in [3.8, 4) is 17.1 Å². The average Bonchev–Trinajstić information content (AvgIpc) is 3.42. The highest BCUT2D eigenvalue weighted by molar-refractivity contribution is 5.94. The number of likely N-dealkylation sites (tertiary alicyclic amines) is 1. The molecule has 2 bridgehead atoms. The number of rotatable bonds is 6. The van der Waals surface area contributed by atoms with Crippen LogP contribution in [0.3, 0.4) is 0 Å². The summed E-state index contributed by atoms with van der Waals surface area (Å²) in [6.07, 6.45) is 4.15. The molecule has 2 atom stereocenters. The molecule has 1 amide bonds. The van der Waals surface area contributed by atoms with Gasteiger partial charge in [0.05, 0.1) is 18.5 Å². The van der Waals surface area contributed by atoms with E-state index in [1.165, 1.54) is 11.3 Å². The van der Waals surface area contributed by atoms with Gasteiger partial charge in [0, 0.05) is 49.5 Å². The highest BCUT2D eigenvalue weighted by Crippen LogP contribution is 2.34. The lowest BCUT2D eigenvalue weighted by Crippen LogP contribution is -2.55. The molecule has 0 N–H and O–H groups in total. The second-order valence-electron chi connectivity index (χ2n) is 10.9. The van der Waals surface area contributed by atoms with E-state index in [2.05, 4.69) is 75.6 Å². The standard InChI is InChI=1S/C31H35N5O2/c1-20(2)22-9-11-23(12-10-22)30-26(35-16-6-5-7-27(35)32-30)19-34-17-24-13-14-25(18-34)36(24)31(37)29-21(3)8-15-28(33-29)38-4/h5-12,15-16,20,24-25H,13-14,17-19H2,1-4H3. The number of carbonyl (C=O) groups is 1. The molecule has 7 nitrogen and oxygen atoms in total. The van der Waals surface area contributed by atoms with Gasteiger partial charge in [-0.05, 0) is 48.9 Å². The smallest absolute Gasteiger partial charge is 0.273 e. The third-order valence-corrected chi connectivity index (χ3v) is 8.13. The normalized spacial score (nSPS) is 19.4. The Balaban J connectivity index is 1.27. The molecule has 196 valence electrons. The van der Waals surface area contributed by atoms with Crippen LogP contribution in [0.15, 0.2) is 60.8 Å². The number of pyridine rings is 2. The van der Waals surface area contributed by atoms with E-state index < -0.39 is 0 Å². The fraction of sp³-hybridized carbons (Fsp3) is 0.387. The van der Waals surface area contributed by atoms with E-state index in [1.807, 2.05) is 25.1 Å². The van der Waals surface area contributed by atoms with Crippen molar-refractivity contribution in [2.24, 2.45) is 0 Å². The van der Waals surface area contributed by atoms with Gasteiger partial charge in [-0.3, -0.25) is 9.69 Å². The summed E-state index contributed by atoms with van der Waals surface area (Å²) in [5, 5.41) is 0. The molecule has 0 spiro atoms. The minimum absolute atomic E-state index is 0.0225. The van der Waals surface area contributed by atoms with E-state index in [-0.39, 0.29) is 18.0 Å². The van der Waals surface area contributed by atoms with E-state index in [1.54, 1.807) is 7.11 Å². The number of imidazole rings is 1. The second-order valence-corrected chi connectivity index (χ2v) is 10.9. The molecule has 2 aliphatic heterocycles. The van der Waals surface area contributed by atoms with E-state index in [0.29, 0.717) is 17.5 Å². The van der Waals surface area contributed by atoms with Gasteiger partial charge in [-0.2, -0.15) is 0 Å². The van der Waals surface area contributed by atoms with Crippen LogP contribution in [0.4, 0.5) is 0 Å². The molecule has 0 aliphatic carbocycles. The molecular weight excluding hydrogens is 474 g/mol. The van der Waals surface area contributed by atoms with E-state index in [9.17, 15) is 4.79 Å². The first-order chi connectivity index (χ1) is 18.4. The average molecular weight is 510 g/mol. The molecule has 38 heavy (non-hydrogen) atoms. The van der Waals surface area contributed by atoms with E-state index in [4.69, 9.17) is 9.72 Å². The number of fused-ring (bicyclic) bond motifs is 3. The third-order valence-electron chi connectivity index (χ3n) is 8.13. The maximum Gasteiger partial charge on any atom is 0.273 e. The molecule has 4 aromatic rings. The van der Waals surface area contributed by atoms with Crippen molar-refractivity contribution in [2.75, 3.05) is 20.2 Å². The van der Waals surface area contributed by atoms with Crippen LogP contribution >= 0.6 is 0 Å². The molecule has 2 saturated heterocycles. The largest absolute Gasteiger partial charge is 0.481 e. The highest BCUT2D eigenvalue weighted by atomic mass is 16.5. The number of aryl methyl sites for hydroxylation is 1. The van der Waals surface area contributed by atoms with Gasteiger partial charge in [0.2, 0.25) is 5.88 Å². The summed E-state index contributed by atoms with van der Waals surface area (Å²) < 4.78 is 7.51. The molecular formula is C31H35N5O2. The van der Waals surface area contributed by atoms with Gasteiger partial charge >= 0.3 is 0 Å². The van der Waals surface area contributed by atoms with Gasteiger partial charge in [0.1, 0.15) is 11.3 Å². The van der Waals surface area contributed by atoms with Crippen molar-refractivity contribution >= 4 is 11.6 Å². The number of piperazine rings is 1. The van der Waals surface area contributed by atoms with Crippen molar-refractivity contribution in [2.45, 2.75) is 58.2 Å². The number of amides is 1. The van der Waals surface area contributed by atoms with Crippen LogP contribution in [-0.2, 0) is 6.54 Å². The molecule has 0 saturated carbocycles. The number of methoxy groups -OCH3 is 1. The zero-order valence-corrected chi connectivity index (χ0v) is 22.6. The topological polar surface area (TPSA) is 63.0 Å². The molecule has 0 radical (unpaired) electrons. The van der Waals surface area contributed by atoms with Crippen molar-refractivity contribution in [1.82, 2.24) is 24.2 Å². The SMILES string of the molecule is COc1ccc(C)c(C(=O)N2C3CCC2CN(Cc2c(-c4ccc(C(C)C)cc4)nc4ccccn24)C3)n1. The van der Waals surface area contributed by atoms with Crippen LogP contribution in [0.2, 0.25) is 0 Å². The van der Waals surface area contributed by atoms with E-state index >= 15 is 0 Å². The van der Waals surface area contributed by atoms with Gasteiger partial charge in [-0.15, -0.1) is 0 Å². The Morgan fingerprint density at radius 3 is 2.42 bits per heavy atom. The van der Waals surface area contributed by atoms with Crippen LogP contribution in [0.25, 0.3) is 16.9 Å². The summed E-state index contributed by atoms with van der Waals surface area (Å²) in [5.74, 6) is 0.996. The minimum atomic E-state index is 0.0225. The lowest BCUT2D eigenvalue weighted by atomic mass is 10.00. The number of ether oxygens (including phenoxy) is 1. The van der Waals surface area contributed by atoms with Crippen LogP contribution in [0.1, 0.15) is 59.9 Å². The van der Waals surface area contributed by atoms with E-state index in [0.717, 1.165) is 54.9 Å². The van der Waals surface area contributed by atoms with Crippen molar-refractivity contribution in [3.05, 3.63) is 83.3 Å². The molecule has 2 fully saturated rings. The Kier molecular flexibility index (Phi) is 6.40. The number of hydrogen-bond donors (Lipinski definition) is 0. The zero-order valence-electron chi connectivity index (χ0n) is 22.6. The van der Waals surface area contributed by atoms with Gasteiger partial charge in [-0.1, -0.05) is 50.2 Å². The molecule has 7 heteroatoms. The minimum Gasteiger partial charge on any atom is -0.481 e. The predicted molar refractivity (Wildman–Crippen MR) is 148 cm³/mol. The first-order valence-electron chi connectivity index (χ1n) is 13.6. The third kappa shape index (κ3) is 4.35. The lowest BCUT2D eigenvalue weighted by Gasteiger charge is -2.41. The van der Waals surface area contributed by atoms with Gasteiger partial charge < -0.3 is 14.0 Å². The summed E-state index contributed by atoms with van der Waals surface area (Å²) in [5.41, 5.74) is 7.06. The summed E-state index contributed by atoms with van der Waals surface area (Å²) in [4.78, 5) is 27.8. The molecule has 6 rings (SSSR count). The molecule has 1 aromatic carbocycles. The van der Waals surface area contributed by atoms with Gasteiger partial charge in [-0.25, -0.2) is 9.97 Å². The lowest BCUT2D eigenvalue weighted by molar-refractivity contribution is 0.0395. The predicted octanol–water partition coefficient (Wildman–Crippen LogP) is 5.33. The maximum absolute atomic E-state index is 13.6. The first-order valence-corrected chi connectivity index (χ1v) is 13.6. The summed E-state index contributed by atoms with van der Waals surface area (Å²) >= 11 is 0. The van der Waals surface area contributed by atoms with Crippen molar-refractivity contribution in [1.29, 1.82) is 0 Å². The van der Waals surface area contributed by atoms with Crippen LogP contribution < -0.4 is 4.74 Å². The Morgan fingerprint density at radius 2 is 1.74 bits per heavy atom. The fourth-order valence-electron chi connectivity index (χ4n) is 6.08. The maximum atomic E-state index is 13.6. The fourth-order valence-corrected chi connectivity index (χ4v) is 6.08. The quantitative estimate of drug-likeness (QED) is 0.352.